The van der Waals surface area contributed by atoms with Gasteiger partial charge in [-0.15, -0.1) is 0 Å². The van der Waals surface area contributed by atoms with Gasteiger partial charge in [0.1, 0.15) is 12.2 Å². The Kier molecular flexibility index (Phi) is 4.11. The Balaban J connectivity index is 1.67. The van der Waals surface area contributed by atoms with Crippen LogP contribution in [0.15, 0.2) is 24.3 Å². The summed E-state index contributed by atoms with van der Waals surface area (Å²) in [5, 5.41) is 20.1. The molecule has 0 bridgehead atoms. The van der Waals surface area contributed by atoms with E-state index in [-0.39, 0.29) is 5.92 Å². The van der Waals surface area contributed by atoms with E-state index < -0.39 is 18.3 Å². The standard InChI is InChI=1S/C17H24O3/c1-11-10-20-17(16(19)15(11)18)14-7-5-13(6-8-14)9-12-3-2-4-12/h5-8,11-12,15-19H,2-4,9-10H2,1H3/t11-,15-,16-,17-/m1/s1. The third-order valence-corrected chi connectivity index (χ3v) is 4.84. The Labute approximate surface area is 120 Å². The highest BCUT2D eigenvalue weighted by Gasteiger charge is 2.36. The van der Waals surface area contributed by atoms with E-state index in [1.807, 2.05) is 19.1 Å². The third-order valence-electron chi connectivity index (χ3n) is 4.84. The van der Waals surface area contributed by atoms with Crippen LogP contribution in [0.3, 0.4) is 0 Å². The number of hydrogen-bond donors (Lipinski definition) is 2. The van der Waals surface area contributed by atoms with Crippen LogP contribution in [0, 0.1) is 11.8 Å². The van der Waals surface area contributed by atoms with E-state index in [1.54, 1.807) is 0 Å². The van der Waals surface area contributed by atoms with Crippen LogP contribution < -0.4 is 0 Å². The summed E-state index contributed by atoms with van der Waals surface area (Å²) in [7, 11) is 0. The van der Waals surface area contributed by atoms with Crippen molar-refractivity contribution in [3.05, 3.63) is 35.4 Å². The van der Waals surface area contributed by atoms with Gasteiger partial charge in [0.05, 0.1) is 12.7 Å². The van der Waals surface area contributed by atoms with Gasteiger partial charge in [0.15, 0.2) is 0 Å². The topological polar surface area (TPSA) is 49.7 Å². The highest BCUT2D eigenvalue weighted by Crippen LogP contribution is 2.33. The van der Waals surface area contributed by atoms with Crippen LogP contribution >= 0.6 is 0 Å². The van der Waals surface area contributed by atoms with Crippen molar-refractivity contribution in [2.45, 2.75) is 50.9 Å². The summed E-state index contributed by atoms with van der Waals surface area (Å²) in [6, 6.07) is 8.33. The highest BCUT2D eigenvalue weighted by atomic mass is 16.5. The molecule has 110 valence electrons. The van der Waals surface area contributed by atoms with Crippen molar-refractivity contribution in [3.63, 3.8) is 0 Å². The number of ether oxygens (including phenoxy) is 1. The molecule has 1 aromatic carbocycles. The summed E-state index contributed by atoms with van der Waals surface area (Å²) in [6.07, 6.45) is 3.31. The molecule has 3 heteroatoms. The van der Waals surface area contributed by atoms with E-state index in [1.165, 1.54) is 24.8 Å². The molecule has 3 nitrogen and oxygen atoms in total. The number of aliphatic hydroxyl groups is 2. The maximum atomic E-state index is 10.1. The van der Waals surface area contributed by atoms with Crippen molar-refractivity contribution < 1.29 is 14.9 Å². The fraction of sp³-hybridized carbons (Fsp3) is 0.647. The summed E-state index contributed by atoms with van der Waals surface area (Å²) < 4.78 is 5.70. The number of rotatable bonds is 3. The van der Waals surface area contributed by atoms with E-state index in [4.69, 9.17) is 4.74 Å². The minimum Gasteiger partial charge on any atom is -0.390 e. The Hall–Kier alpha value is -0.900. The van der Waals surface area contributed by atoms with Crippen molar-refractivity contribution in [1.82, 2.24) is 0 Å². The molecule has 4 atom stereocenters. The zero-order valence-electron chi connectivity index (χ0n) is 12.0. The highest BCUT2D eigenvalue weighted by molar-refractivity contribution is 5.26. The maximum Gasteiger partial charge on any atom is 0.111 e. The van der Waals surface area contributed by atoms with Crippen molar-refractivity contribution in [3.8, 4) is 0 Å². The average Bonchev–Trinajstić information content (AvgIpc) is 2.41. The van der Waals surface area contributed by atoms with Crippen molar-refractivity contribution in [2.75, 3.05) is 6.61 Å². The minimum absolute atomic E-state index is 0.0147. The molecule has 2 N–H and O–H groups in total. The zero-order chi connectivity index (χ0) is 14.1. The van der Waals surface area contributed by atoms with E-state index in [0.29, 0.717) is 6.61 Å². The van der Waals surface area contributed by atoms with Crippen LogP contribution in [0.1, 0.15) is 43.4 Å². The van der Waals surface area contributed by atoms with E-state index in [9.17, 15) is 10.2 Å². The van der Waals surface area contributed by atoms with Crippen molar-refractivity contribution >= 4 is 0 Å². The van der Waals surface area contributed by atoms with Crippen LogP contribution in [0.25, 0.3) is 0 Å². The Morgan fingerprint density at radius 2 is 1.80 bits per heavy atom. The van der Waals surface area contributed by atoms with Gasteiger partial charge in [-0.25, -0.2) is 0 Å². The average molecular weight is 276 g/mol. The first kappa shape index (κ1) is 14.1. The molecule has 1 saturated heterocycles. The van der Waals surface area contributed by atoms with Gasteiger partial charge in [-0.1, -0.05) is 50.5 Å². The van der Waals surface area contributed by atoms with Crippen LogP contribution in [-0.2, 0) is 11.2 Å². The van der Waals surface area contributed by atoms with E-state index in [0.717, 1.165) is 17.9 Å². The number of hydrogen-bond acceptors (Lipinski definition) is 3. The molecule has 2 fully saturated rings. The monoisotopic (exact) mass is 276 g/mol. The van der Waals surface area contributed by atoms with Gasteiger partial charge in [-0.2, -0.15) is 0 Å². The molecule has 3 rings (SSSR count). The molecule has 1 saturated carbocycles. The van der Waals surface area contributed by atoms with E-state index >= 15 is 0 Å². The van der Waals surface area contributed by atoms with E-state index in [2.05, 4.69) is 12.1 Å². The first-order chi connectivity index (χ1) is 9.65. The van der Waals surface area contributed by atoms with Crippen LogP contribution in [-0.4, -0.2) is 29.0 Å². The molecule has 0 aromatic heterocycles. The molecule has 1 aromatic rings. The summed E-state index contributed by atoms with van der Waals surface area (Å²) in [5.74, 6) is 0.846. The smallest absolute Gasteiger partial charge is 0.111 e. The number of aliphatic hydroxyl groups excluding tert-OH is 2. The molecule has 1 aliphatic carbocycles. The van der Waals surface area contributed by atoms with Gasteiger partial charge in [-0.3, -0.25) is 0 Å². The second kappa shape index (κ2) is 5.84. The summed E-state index contributed by atoms with van der Waals surface area (Å²) in [4.78, 5) is 0. The van der Waals surface area contributed by atoms with Crippen LogP contribution in [0.2, 0.25) is 0 Å². The molecule has 0 radical (unpaired) electrons. The predicted molar refractivity (Wildman–Crippen MR) is 77.4 cm³/mol. The quantitative estimate of drug-likeness (QED) is 0.891. The lowest BCUT2D eigenvalue weighted by atomic mass is 9.81. The maximum absolute atomic E-state index is 10.1. The fourth-order valence-corrected chi connectivity index (χ4v) is 3.14. The Bertz CT molecular complexity index is 438. The SMILES string of the molecule is C[C@@H]1CO[C@H](c2ccc(CC3CCC3)cc2)[C@H](O)[C@@H]1O. The Morgan fingerprint density at radius 3 is 2.40 bits per heavy atom. The van der Waals surface area contributed by atoms with Crippen LogP contribution in [0.4, 0.5) is 0 Å². The summed E-state index contributed by atoms with van der Waals surface area (Å²) >= 11 is 0. The lowest BCUT2D eigenvalue weighted by molar-refractivity contribution is -0.162. The van der Waals surface area contributed by atoms with Gasteiger partial charge in [0, 0.05) is 5.92 Å². The molecule has 1 aliphatic heterocycles. The summed E-state index contributed by atoms with van der Waals surface area (Å²) in [6.45, 7) is 2.39. The molecular weight excluding hydrogens is 252 g/mol. The van der Waals surface area contributed by atoms with Crippen molar-refractivity contribution in [2.24, 2.45) is 11.8 Å². The Morgan fingerprint density at radius 1 is 1.10 bits per heavy atom. The fourth-order valence-electron chi connectivity index (χ4n) is 3.14. The molecular formula is C17H24O3. The van der Waals surface area contributed by atoms with Gasteiger partial charge < -0.3 is 14.9 Å². The molecule has 2 aliphatic rings. The normalized spacial score (nSPS) is 34.8. The molecule has 0 amide bonds. The molecule has 0 unspecified atom stereocenters. The van der Waals surface area contributed by atoms with Gasteiger partial charge >= 0.3 is 0 Å². The minimum atomic E-state index is -0.837. The number of benzene rings is 1. The second-order valence-corrected chi connectivity index (χ2v) is 6.46. The van der Waals surface area contributed by atoms with Gasteiger partial charge in [0.25, 0.3) is 0 Å². The molecule has 20 heavy (non-hydrogen) atoms. The first-order valence-corrected chi connectivity index (χ1v) is 7.71. The lowest BCUT2D eigenvalue weighted by Crippen LogP contribution is -2.44. The van der Waals surface area contributed by atoms with Crippen LogP contribution in [0.5, 0.6) is 0 Å². The lowest BCUT2D eigenvalue weighted by Gasteiger charge is -2.36. The molecule has 0 spiro atoms. The second-order valence-electron chi connectivity index (χ2n) is 6.46. The van der Waals surface area contributed by atoms with Gasteiger partial charge in [-0.05, 0) is 23.5 Å². The summed E-state index contributed by atoms with van der Waals surface area (Å²) in [5.41, 5.74) is 2.32. The third kappa shape index (κ3) is 2.76. The van der Waals surface area contributed by atoms with Gasteiger partial charge in [0.2, 0.25) is 0 Å². The largest absolute Gasteiger partial charge is 0.390 e. The predicted octanol–water partition coefficient (Wildman–Crippen LogP) is 2.46. The van der Waals surface area contributed by atoms with Crippen molar-refractivity contribution in [1.29, 1.82) is 0 Å². The first-order valence-electron chi connectivity index (χ1n) is 7.71. The molecule has 1 heterocycles. The zero-order valence-corrected chi connectivity index (χ0v) is 12.0.